The third kappa shape index (κ3) is 2.96. The van der Waals surface area contributed by atoms with Crippen LogP contribution in [-0.4, -0.2) is 35.5 Å². The van der Waals surface area contributed by atoms with E-state index in [9.17, 15) is 0 Å². The molecule has 3 atom stereocenters. The monoisotopic (exact) mass is 227 g/mol. The van der Waals surface area contributed by atoms with Crippen LogP contribution in [0.2, 0.25) is 0 Å². The summed E-state index contributed by atoms with van der Waals surface area (Å²) in [7, 11) is 0. The van der Waals surface area contributed by atoms with Gasteiger partial charge in [-0.2, -0.15) is 0 Å². The average Bonchev–Trinajstić information content (AvgIpc) is 2.35. The maximum atomic E-state index is 9.07. The first-order valence-electron chi connectivity index (χ1n) is 6.81. The van der Waals surface area contributed by atoms with E-state index in [0.717, 1.165) is 11.8 Å². The first kappa shape index (κ1) is 12.3. The average molecular weight is 227 g/mol. The topological polar surface area (TPSA) is 52.5 Å². The van der Waals surface area contributed by atoms with E-state index in [1.807, 2.05) is 0 Å². The molecule has 0 aromatic rings. The first-order valence-corrected chi connectivity index (χ1v) is 6.81. The fraction of sp³-hybridized carbons (Fsp3) is 1.00. The Hall–Kier alpha value is -0.120. The van der Waals surface area contributed by atoms with Crippen LogP contribution >= 0.6 is 0 Å². The Bertz CT molecular complexity index is 206. The summed E-state index contributed by atoms with van der Waals surface area (Å²) in [5.74, 6) is 1.87. The molecule has 0 radical (unpaired) electrons. The Morgan fingerprint density at radius 1 is 0.938 bits per heavy atom. The molecule has 2 saturated carbocycles. The van der Waals surface area contributed by atoms with E-state index in [1.165, 1.54) is 44.9 Å². The Morgan fingerprint density at radius 3 is 2.31 bits per heavy atom. The van der Waals surface area contributed by atoms with Crippen molar-refractivity contribution in [2.24, 2.45) is 11.8 Å². The van der Waals surface area contributed by atoms with Gasteiger partial charge in [0.25, 0.3) is 0 Å². The van der Waals surface area contributed by atoms with Crippen molar-refractivity contribution in [3.05, 3.63) is 0 Å². The number of hydrogen-bond acceptors (Lipinski definition) is 3. The highest BCUT2D eigenvalue weighted by atomic mass is 16.3. The Morgan fingerprint density at radius 2 is 1.62 bits per heavy atom. The van der Waals surface area contributed by atoms with Crippen LogP contribution in [-0.2, 0) is 0 Å². The summed E-state index contributed by atoms with van der Waals surface area (Å²) < 4.78 is 0. The number of aliphatic hydroxyl groups excluding tert-OH is 2. The normalized spacial score (nSPS) is 35.1. The first-order chi connectivity index (χ1) is 7.83. The molecule has 3 unspecified atom stereocenters. The number of fused-ring (bicyclic) bond motifs is 1. The van der Waals surface area contributed by atoms with Gasteiger partial charge >= 0.3 is 0 Å². The summed E-state index contributed by atoms with van der Waals surface area (Å²) in [6, 6.07) is 0.397. The maximum Gasteiger partial charge on any atom is 0.0607 e. The van der Waals surface area contributed by atoms with E-state index >= 15 is 0 Å². The lowest BCUT2D eigenvalue weighted by Gasteiger charge is -2.40. The molecule has 0 heterocycles. The molecular weight excluding hydrogens is 202 g/mol. The van der Waals surface area contributed by atoms with Gasteiger partial charge in [-0.1, -0.05) is 25.7 Å². The van der Waals surface area contributed by atoms with Crippen molar-refractivity contribution < 1.29 is 10.2 Å². The molecule has 2 fully saturated rings. The molecule has 0 aromatic carbocycles. The van der Waals surface area contributed by atoms with E-state index < -0.39 is 0 Å². The van der Waals surface area contributed by atoms with Crippen LogP contribution in [0.1, 0.15) is 44.9 Å². The van der Waals surface area contributed by atoms with Crippen molar-refractivity contribution in [3.63, 3.8) is 0 Å². The van der Waals surface area contributed by atoms with E-state index in [-0.39, 0.29) is 19.3 Å². The quantitative estimate of drug-likeness (QED) is 0.678. The fourth-order valence-corrected chi connectivity index (χ4v) is 3.52. The summed E-state index contributed by atoms with van der Waals surface area (Å²) in [4.78, 5) is 0. The summed E-state index contributed by atoms with van der Waals surface area (Å²) in [6.07, 6.45) is 9.46. The van der Waals surface area contributed by atoms with Crippen LogP contribution < -0.4 is 5.32 Å². The molecule has 0 saturated heterocycles. The lowest BCUT2D eigenvalue weighted by molar-refractivity contribution is 0.112. The molecule has 0 aliphatic heterocycles. The van der Waals surface area contributed by atoms with Gasteiger partial charge in [-0.3, -0.25) is 0 Å². The minimum absolute atomic E-state index is 0.0428. The van der Waals surface area contributed by atoms with Gasteiger partial charge in [0.1, 0.15) is 0 Å². The van der Waals surface area contributed by atoms with Gasteiger partial charge in [0, 0.05) is 6.04 Å². The molecule has 2 aliphatic rings. The molecule has 16 heavy (non-hydrogen) atoms. The lowest BCUT2D eigenvalue weighted by Crippen LogP contribution is -2.46. The Kier molecular flexibility index (Phi) is 4.62. The minimum atomic E-state index is -0.120. The van der Waals surface area contributed by atoms with E-state index in [1.54, 1.807) is 0 Å². The van der Waals surface area contributed by atoms with Gasteiger partial charge < -0.3 is 15.5 Å². The molecule has 2 rings (SSSR count). The lowest BCUT2D eigenvalue weighted by atomic mass is 9.69. The third-order valence-corrected chi connectivity index (χ3v) is 4.45. The summed E-state index contributed by atoms with van der Waals surface area (Å²) >= 11 is 0. The minimum Gasteiger partial charge on any atom is -0.395 e. The van der Waals surface area contributed by atoms with Crippen LogP contribution in [0.4, 0.5) is 0 Å². The molecule has 0 bridgehead atoms. The van der Waals surface area contributed by atoms with Crippen molar-refractivity contribution in [2.75, 3.05) is 13.2 Å². The summed E-state index contributed by atoms with van der Waals surface area (Å²) in [6.45, 7) is 0.0855. The predicted molar refractivity (Wildman–Crippen MR) is 64.2 cm³/mol. The van der Waals surface area contributed by atoms with Crippen LogP contribution in [0.25, 0.3) is 0 Å². The second kappa shape index (κ2) is 5.99. The maximum absolute atomic E-state index is 9.07. The van der Waals surface area contributed by atoms with Crippen molar-refractivity contribution in [2.45, 2.75) is 57.0 Å². The van der Waals surface area contributed by atoms with Gasteiger partial charge in [0.15, 0.2) is 0 Å². The van der Waals surface area contributed by atoms with Crippen molar-refractivity contribution in [1.82, 2.24) is 5.32 Å². The Balaban J connectivity index is 1.80. The van der Waals surface area contributed by atoms with Crippen LogP contribution in [0.15, 0.2) is 0 Å². The largest absolute Gasteiger partial charge is 0.395 e. The van der Waals surface area contributed by atoms with Gasteiger partial charge in [-0.15, -0.1) is 0 Å². The van der Waals surface area contributed by atoms with Gasteiger partial charge in [0.05, 0.1) is 19.3 Å². The molecule has 0 aromatic heterocycles. The molecule has 2 aliphatic carbocycles. The van der Waals surface area contributed by atoms with Crippen molar-refractivity contribution in [3.8, 4) is 0 Å². The molecule has 0 spiro atoms. The van der Waals surface area contributed by atoms with Crippen molar-refractivity contribution >= 4 is 0 Å². The number of hydrogen-bond donors (Lipinski definition) is 3. The zero-order valence-electron chi connectivity index (χ0n) is 10.1. The third-order valence-electron chi connectivity index (χ3n) is 4.45. The summed E-state index contributed by atoms with van der Waals surface area (Å²) in [5.41, 5.74) is 0. The Labute approximate surface area is 98.2 Å². The molecule has 3 heteroatoms. The van der Waals surface area contributed by atoms with Gasteiger partial charge in [-0.25, -0.2) is 0 Å². The molecule has 94 valence electrons. The zero-order valence-corrected chi connectivity index (χ0v) is 10.1. The number of nitrogens with one attached hydrogen (secondary N) is 1. The van der Waals surface area contributed by atoms with E-state index in [4.69, 9.17) is 10.2 Å². The summed E-state index contributed by atoms with van der Waals surface area (Å²) in [5, 5.41) is 21.5. The van der Waals surface area contributed by atoms with Gasteiger partial charge in [-0.05, 0) is 31.1 Å². The van der Waals surface area contributed by atoms with Gasteiger partial charge in [0.2, 0.25) is 0 Å². The highest BCUT2D eigenvalue weighted by Crippen LogP contribution is 2.40. The number of aliphatic hydroxyl groups is 2. The SMILES string of the molecule is OCC(CO)NC1CCC2CCCCC2C1. The zero-order chi connectivity index (χ0) is 11.4. The van der Waals surface area contributed by atoms with E-state index in [2.05, 4.69) is 5.32 Å². The highest BCUT2D eigenvalue weighted by molar-refractivity contribution is 4.87. The van der Waals surface area contributed by atoms with Crippen LogP contribution in [0, 0.1) is 11.8 Å². The number of rotatable bonds is 4. The van der Waals surface area contributed by atoms with Crippen molar-refractivity contribution in [1.29, 1.82) is 0 Å². The molecule has 0 amide bonds. The standard InChI is InChI=1S/C13H25NO2/c15-8-13(9-16)14-12-6-5-10-3-1-2-4-11(10)7-12/h10-16H,1-9H2. The predicted octanol–water partition coefficient (Wildman–Crippen LogP) is 1.29. The smallest absolute Gasteiger partial charge is 0.0607 e. The van der Waals surface area contributed by atoms with E-state index in [0.29, 0.717) is 6.04 Å². The molecule has 3 N–H and O–H groups in total. The fourth-order valence-electron chi connectivity index (χ4n) is 3.52. The molecule has 3 nitrogen and oxygen atoms in total. The second-order valence-electron chi connectivity index (χ2n) is 5.54. The van der Waals surface area contributed by atoms with Crippen LogP contribution in [0.5, 0.6) is 0 Å². The highest BCUT2D eigenvalue weighted by Gasteiger charge is 2.32. The second-order valence-corrected chi connectivity index (χ2v) is 5.54. The van der Waals surface area contributed by atoms with Crippen LogP contribution in [0.3, 0.4) is 0 Å². The molecular formula is C13H25NO2.